The number of nitrogens with zero attached hydrogens (tertiary/aromatic N) is 1. The van der Waals surface area contributed by atoms with E-state index in [-0.39, 0.29) is 30.7 Å². The van der Waals surface area contributed by atoms with Crippen LogP contribution < -0.4 is 10.6 Å². The van der Waals surface area contributed by atoms with Crippen LogP contribution in [0.3, 0.4) is 0 Å². The molecule has 0 fully saturated rings. The van der Waals surface area contributed by atoms with Crippen LogP contribution in [0.25, 0.3) is 10.8 Å². The molecule has 1 heterocycles. The van der Waals surface area contributed by atoms with Crippen LogP contribution in [-0.4, -0.2) is 48.8 Å². The lowest BCUT2D eigenvalue weighted by atomic mass is 9.94. The first-order valence-electron chi connectivity index (χ1n) is 8.99. The van der Waals surface area contributed by atoms with Gasteiger partial charge in [0.1, 0.15) is 0 Å². The molecule has 2 aromatic rings. The van der Waals surface area contributed by atoms with E-state index in [9.17, 15) is 14.4 Å². The lowest BCUT2D eigenvalue weighted by Crippen LogP contribution is -2.41. The number of hydrogen-bond donors (Lipinski definition) is 2. The summed E-state index contributed by atoms with van der Waals surface area (Å²) < 4.78 is 0. The molecule has 0 unspecified atom stereocenters. The van der Waals surface area contributed by atoms with E-state index < -0.39 is 0 Å². The average Bonchev–Trinajstić information content (AvgIpc) is 2.66. The van der Waals surface area contributed by atoms with E-state index in [0.29, 0.717) is 24.1 Å². The monoisotopic (exact) mass is 353 g/mol. The Bertz CT molecular complexity index is 797. The fourth-order valence-electron chi connectivity index (χ4n) is 3.24. The molecule has 6 nitrogen and oxygen atoms in total. The minimum Gasteiger partial charge on any atom is -0.355 e. The zero-order valence-corrected chi connectivity index (χ0v) is 14.9. The predicted octanol–water partition coefficient (Wildman–Crippen LogP) is 1.94. The van der Waals surface area contributed by atoms with Crippen LogP contribution in [0.1, 0.15) is 40.5 Å². The van der Waals surface area contributed by atoms with E-state index >= 15 is 0 Å². The molecular formula is C20H23N3O3. The fraction of sp³-hybridized carbons (Fsp3) is 0.350. The van der Waals surface area contributed by atoms with Crippen molar-refractivity contribution in [3.8, 4) is 0 Å². The SMILES string of the molecule is CCNCCNC(=O)CCCN1C(=O)c2cccc3cccc(c23)C1=O. The second-order valence-electron chi connectivity index (χ2n) is 6.28. The van der Waals surface area contributed by atoms with Gasteiger partial charge in [-0.3, -0.25) is 19.3 Å². The number of hydrogen-bond acceptors (Lipinski definition) is 4. The molecule has 0 aliphatic carbocycles. The zero-order chi connectivity index (χ0) is 18.5. The fourth-order valence-corrected chi connectivity index (χ4v) is 3.24. The van der Waals surface area contributed by atoms with Crippen molar-refractivity contribution in [2.24, 2.45) is 0 Å². The lowest BCUT2D eigenvalue weighted by molar-refractivity contribution is -0.121. The summed E-state index contributed by atoms with van der Waals surface area (Å²) in [7, 11) is 0. The quantitative estimate of drug-likeness (QED) is 0.562. The molecule has 0 saturated heterocycles. The maximum atomic E-state index is 12.7. The van der Waals surface area contributed by atoms with Crippen molar-refractivity contribution >= 4 is 28.5 Å². The van der Waals surface area contributed by atoms with Crippen molar-refractivity contribution in [3.05, 3.63) is 47.5 Å². The number of imide groups is 1. The van der Waals surface area contributed by atoms with E-state index in [4.69, 9.17) is 0 Å². The number of nitrogens with one attached hydrogen (secondary N) is 2. The highest BCUT2D eigenvalue weighted by Crippen LogP contribution is 2.29. The van der Waals surface area contributed by atoms with Crippen molar-refractivity contribution in [1.29, 1.82) is 0 Å². The van der Waals surface area contributed by atoms with Crippen molar-refractivity contribution < 1.29 is 14.4 Å². The van der Waals surface area contributed by atoms with Crippen molar-refractivity contribution in [1.82, 2.24) is 15.5 Å². The molecule has 0 bridgehead atoms. The number of likely N-dealkylation sites (N-methyl/N-ethyl adjacent to an activating group) is 1. The van der Waals surface area contributed by atoms with Gasteiger partial charge in [-0.2, -0.15) is 0 Å². The van der Waals surface area contributed by atoms with Gasteiger partial charge in [-0.1, -0.05) is 31.2 Å². The molecule has 3 amide bonds. The van der Waals surface area contributed by atoms with Gasteiger partial charge in [0.25, 0.3) is 11.8 Å². The maximum absolute atomic E-state index is 12.7. The Morgan fingerprint density at radius 1 is 1.00 bits per heavy atom. The molecular weight excluding hydrogens is 330 g/mol. The molecule has 6 heteroatoms. The van der Waals surface area contributed by atoms with Crippen LogP contribution in [0.5, 0.6) is 0 Å². The Morgan fingerprint density at radius 3 is 2.27 bits per heavy atom. The summed E-state index contributed by atoms with van der Waals surface area (Å²) in [5, 5.41) is 7.56. The molecule has 0 atom stereocenters. The highest BCUT2D eigenvalue weighted by atomic mass is 16.2. The highest BCUT2D eigenvalue weighted by Gasteiger charge is 2.32. The van der Waals surface area contributed by atoms with Gasteiger partial charge in [-0.25, -0.2) is 0 Å². The van der Waals surface area contributed by atoms with E-state index in [2.05, 4.69) is 10.6 Å². The van der Waals surface area contributed by atoms with E-state index in [1.807, 2.05) is 31.2 Å². The molecule has 26 heavy (non-hydrogen) atoms. The van der Waals surface area contributed by atoms with Crippen LogP contribution in [0.2, 0.25) is 0 Å². The molecule has 2 N–H and O–H groups in total. The Labute approximate surface area is 152 Å². The summed E-state index contributed by atoms with van der Waals surface area (Å²) in [6.07, 6.45) is 0.734. The third kappa shape index (κ3) is 3.60. The summed E-state index contributed by atoms with van der Waals surface area (Å²) in [6.45, 7) is 4.41. The lowest BCUT2D eigenvalue weighted by Gasteiger charge is -2.27. The topological polar surface area (TPSA) is 78.5 Å². The Hall–Kier alpha value is -2.73. The smallest absolute Gasteiger partial charge is 0.261 e. The van der Waals surface area contributed by atoms with Gasteiger partial charge in [0.15, 0.2) is 0 Å². The van der Waals surface area contributed by atoms with Crippen molar-refractivity contribution in [2.75, 3.05) is 26.2 Å². The minimum absolute atomic E-state index is 0.0673. The van der Waals surface area contributed by atoms with Gasteiger partial charge in [0.2, 0.25) is 5.91 Å². The zero-order valence-electron chi connectivity index (χ0n) is 14.9. The summed E-state index contributed by atoms with van der Waals surface area (Å²) >= 11 is 0. The summed E-state index contributed by atoms with van der Waals surface area (Å²) in [4.78, 5) is 38.5. The molecule has 1 aliphatic rings. The molecule has 0 saturated carbocycles. The van der Waals surface area contributed by atoms with Crippen molar-refractivity contribution in [2.45, 2.75) is 19.8 Å². The summed E-state index contributed by atoms with van der Waals surface area (Å²) in [6, 6.07) is 10.9. The normalized spacial score (nSPS) is 13.3. The van der Waals surface area contributed by atoms with Crippen LogP contribution in [0.15, 0.2) is 36.4 Å². The van der Waals surface area contributed by atoms with Gasteiger partial charge < -0.3 is 10.6 Å². The second-order valence-corrected chi connectivity index (χ2v) is 6.28. The standard InChI is InChI=1S/C20H23N3O3/c1-2-21-11-12-22-17(24)10-5-13-23-19(25)15-8-3-6-14-7-4-9-16(18(14)15)20(23)26/h3-4,6-9,21H,2,5,10-13H2,1H3,(H,22,24). The van der Waals surface area contributed by atoms with E-state index in [0.717, 1.165) is 23.9 Å². The van der Waals surface area contributed by atoms with E-state index in [1.54, 1.807) is 12.1 Å². The molecule has 136 valence electrons. The molecule has 0 aromatic heterocycles. The average molecular weight is 353 g/mol. The first-order chi connectivity index (χ1) is 12.6. The molecule has 0 radical (unpaired) electrons. The second kappa shape index (κ2) is 8.10. The van der Waals surface area contributed by atoms with Gasteiger partial charge in [0.05, 0.1) is 0 Å². The number of carbonyl (C=O) groups is 3. The Morgan fingerprint density at radius 2 is 1.65 bits per heavy atom. The predicted molar refractivity (Wildman–Crippen MR) is 100 cm³/mol. The number of carbonyl (C=O) groups excluding carboxylic acids is 3. The molecule has 0 spiro atoms. The van der Waals surface area contributed by atoms with Crippen LogP contribution in [0.4, 0.5) is 0 Å². The van der Waals surface area contributed by atoms with Crippen LogP contribution in [-0.2, 0) is 4.79 Å². The van der Waals surface area contributed by atoms with Gasteiger partial charge in [0, 0.05) is 42.6 Å². The van der Waals surface area contributed by atoms with Crippen LogP contribution in [0, 0.1) is 0 Å². The molecule has 3 rings (SSSR count). The van der Waals surface area contributed by atoms with Crippen molar-refractivity contribution in [3.63, 3.8) is 0 Å². The number of rotatable bonds is 8. The third-order valence-electron chi connectivity index (χ3n) is 4.52. The number of benzene rings is 2. The maximum Gasteiger partial charge on any atom is 0.261 e. The van der Waals surface area contributed by atoms with Gasteiger partial charge in [-0.05, 0) is 30.5 Å². The highest BCUT2D eigenvalue weighted by molar-refractivity contribution is 6.25. The minimum atomic E-state index is -0.285. The Balaban J connectivity index is 1.63. The molecule has 2 aromatic carbocycles. The third-order valence-corrected chi connectivity index (χ3v) is 4.52. The Kier molecular flexibility index (Phi) is 5.63. The van der Waals surface area contributed by atoms with Crippen LogP contribution >= 0.6 is 0 Å². The number of amides is 3. The van der Waals surface area contributed by atoms with E-state index in [1.165, 1.54) is 4.90 Å². The largest absolute Gasteiger partial charge is 0.355 e. The van der Waals surface area contributed by atoms with Gasteiger partial charge >= 0.3 is 0 Å². The van der Waals surface area contributed by atoms with Gasteiger partial charge in [-0.15, -0.1) is 0 Å². The summed E-state index contributed by atoms with van der Waals surface area (Å²) in [5.41, 5.74) is 1.10. The first kappa shape index (κ1) is 18.1. The summed E-state index contributed by atoms with van der Waals surface area (Å²) in [5.74, 6) is -0.638. The first-order valence-corrected chi connectivity index (χ1v) is 8.99. The molecule has 1 aliphatic heterocycles.